The van der Waals surface area contributed by atoms with Crippen LogP contribution >= 0.6 is 0 Å². The maximum Gasteiger partial charge on any atom is 0.289 e. The summed E-state index contributed by atoms with van der Waals surface area (Å²) in [6.07, 6.45) is 8.96. The smallest absolute Gasteiger partial charge is 0.289 e. The molecule has 1 saturated carbocycles. The third-order valence-electron chi connectivity index (χ3n) is 7.56. The standard InChI is InChI=1S/C27H30FN3O4/c28-20-8-6-19(7-9-20)24-25(31(18-29-24)21-4-2-1-3-5-21)22-10-11-23(35-22)26(32)30-14-12-27(13-15-30)33-16-17-34-27/h6-11,18,21H,1-5,12-17H2. The first-order valence-electron chi connectivity index (χ1n) is 12.6. The van der Waals surface area contributed by atoms with Gasteiger partial charge in [-0.2, -0.15) is 0 Å². The quantitative estimate of drug-likeness (QED) is 0.499. The van der Waals surface area contributed by atoms with Gasteiger partial charge in [-0.15, -0.1) is 0 Å². The monoisotopic (exact) mass is 479 g/mol. The van der Waals surface area contributed by atoms with Gasteiger partial charge < -0.3 is 23.4 Å². The van der Waals surface area contributed by atoms with Crippen LogP contribution < -0.4 is 0 Å². The molecule has 2 aromatic heterocycles. The molecule has 35 heavy (non-hydrogen) atoms. The normalized spacial score (nSPS) is 20.5. The Kier molecular flexibility index (Phi) is 5.94. The number of carbonyl (C=O) groups excluding carboxylic acids is 1. The molecule has 3 aromatic rings. The number of likely N-dealkylation sites (tertiary alicyclic amines) is 1. The molecule has 1 spiro atoms. The van der Waals surface area contributed by atoms with Gasteiger partial charge in [-0.1, -0.05) is 19.3 Å². The van der Waals surface area contributed by atoms with Gasteiger partial charge in [0.25, 0.3) is 5.91 Å². The van der Waals surface area contributed by atoms with Crippen molar-refractivity contribution in [1.82, 2.24) is 14.5 Å². The Bertz CT molecular complexity index is 1180. The van der Waals surface area contributed by atoms with E-state index in [0.29, 0.717) is 56.7 Å². The Hall–Kier alpha value is -2.97. The van der Waals surface area contributed by atoms with Gasteiger partial charge in [0.15, 0.2) is 17.3 Å². The lowest BCUT2D eigenvalue weighted by molar-refractivity contribution is -0.181. The summed E-state index contributed by atoms with van der Waals surface area (Å²) < 4.78 is 33.5. The summed E-state index contributed by atoms with van der Waals surface area (Å²) in [7, 11) is 0. The van der Waals surface area contributed by atoms with Crippen LogP contribution in [0.3, 0.4) is 0 Å². The number of hydrogen-bond acceptors (Lipinski definition) is 5. The van der Waals surface area contributed by atoms with Crippen molar-refractivity contribution in [1.29, 1.82) is 0 Å². The van der Waals surface area contributed by atoms with Crippen LogP contribution in [0.1, 0.15) is 61.5 Å². The number of amides is 1. The van der Waals surface area contributed by atoms with Crippen LogP contribution in [0, 0.1) is 5.82 Å². The van der Waals surface area contributed by atoms with Crippen LogP contribution in [-0.2, 0) is 9.47 Å². The summed E-state index contributed by atoms with van der Waals surface area (Å²) >= 11 is 0. The molecule has 0 bridgehead atoms. The van der Waals surface area contributed by atoms with E-state index in [1.165, 1.54) is 31.4 Å². The Labute approximate surface area is 203 Å². The van der Waals surface area contributed by atoms with Crippen LogP contribution in [0.25, 0.3) is 22.7 Å². The second-order valence-corrected chi connectivity index (χ2v) is 9.71. The highest BCUT2D eigenvalue weighted by molar-refractivity contribution is 5.92. The number of rotatable bonds is 4. The molecule has 3 aliphatic rings. The molecule has 7 nitrogen and oxygen atoms in total. The Morgan fingerprint density at radius 3 is 2.40 bits per heavy atom. The molecule has 4 heterocycles. The highest BCUT2D eigenvalue weighted by Gasteiger charge is 2.41. The van der Waals surface area contributed by atoms with Crippen molar-refractivity contribution >= 4 is 5.91 Å². The van der Waals surface area contributed by atoms with E-state index < -0.39 is 5.79 Å². The summed E-state index contributed by atoms with van der Waals surface area (Å²) in [5.41, 5.74) is 2.39. The number of carbonyl (C=O) groups is 1. The molecular weight excluding hydrogens is 449 g/mol. The fourth-order valence-corrected chi connectivity index (χ4v) is 5.63. The molecule has 0 atom stereocenters. The lowest BCUT2D eigenvalue weighted by atomic mass is 9.95. The maximum absolute atomic E-state index is 13.6. The van der Waals surface area contributed by atoms with Crippen LogP contribution in [-0.4, -0.2) is 52.4 Å². The summed E-state index contributed by atoms with van der Waals surface area (Å²) in [5, 5.41) is 0. The van der Waals surface area contributed by atoms with Gasteiger partial charge in [0.2, 0.25) is 0 Å². The van der Waals surface area contributed by atoms with E-state index in [9.17, 15) is 9.18 Å². The van der Waals surface area contributed by atoms with Crippen LogP contribution in [0.2, 0.25) is 0 Å². The highest BCUT2D eigenvalue weighted by atomic mass is 19.1. The van der Waals surface area contributed by atoms with E-state index in [0.717, 1.165) is 29.8 Å². The lowest BCUT2D eigenvalue weighted by Crippen LogP contribution is -2.47. The molecule has 1 aromatic carbocycles. The van der Waals surface area contributed by atoms with E-state index in [2.05, 4.69) is 4.57 Å². The average molecular weight is 480 g/mol. The molecule has 2 aliphatic heterocycles. The van der Waals surface area contributed by atoms with Crippen molar-refractivity contribution in [3.05, 3.63) is 54.3 Å². The molecule has 1 amide bonds. The predicted octanol–water partition coefficient (Wildman–Crippen LogP) is 5.43. The number of furan rings is 1. The highest BCUT2D eigenvalue weighted by Crippen LogP contribution is 2.39. The molecule has 3 fully saturated rings. The van der Waals surface area contributed by atoms with Gasteiger partial charge in [0.1, 0.15) is 11.5 Å². The number of halogens is 1. The van der Waals surface area contributed by atoms with E-state index in [1.807, 2.05) is 12.4 Å². The fraction of sp³-hybridized carbons (Fsp3) is 0.481. The number of piperidine rings is 1. The molecule has 0 radical (unpaired) electrons. The minimum Gasteiger partial charge on any atom is -0.449 e. The second kappa shape index (κ2) is 9.24. The molecule has 6 rings (SSSR count). The molecule has 8 heteroatoms. The minimum absolute atomic E-state index is 0.129. The van der Waals surface area contributed by atoms with Crippen molar-refractivity contribution in [2.45, 2.75) is 56.8 Å². The van der Waals surface area contributed by atoms with Gasteiger partial charge in [-0.25, -0.2) is 9.37 Å². The predicted molar refractivity (Wildman–Crippen MR) is 127 cm³/mol. The summed E-state index contributed by atoms with van der Waals surface area (Å²) in [5.74, 6) is -0.0279. The number of hydrogen-bond donors (Lipinski definition) is 0. The van der Waals surface area contributed by atoms with Gasteiger partial charge in [-0.3, -0.25) is 4.79 Å². The van der Waals surface area contributed by atoms with Gasteiger partial charge >= 0.3 is 0 Å². The molecule has 2 saturated heterocycles. The largest absolute Gasteiger partial charge is 0.449 e. The fourth-order valence-electron chi connectivity index (χ4n) is 5.63. The van der Waals surface area contributed by atoms with E-state index in [1.54, 1.807) is 23.1 Å². The zero-order valence-electron chi connectivity index (χ0n) is 19.7. The van der Waals surface area contributed by atoms with Crippen molar-refractivity contribution < 1.29 is 23.1 Å². The first kappa shape index (κ1) is 22.5. The van der Waals surface area contributed by atoms with E-state index >= 15 is 0 Å². The topological polar surface area (TPSA) is 69.7 Å². The van der Waals surface area contributed by atoms with Crippen molar-refractivity contribution in [2.24, 2.45) is 0 Å². The van der Waals surface area contributed by atoms with Crippen molar-refractivity contribution in [2.75, 3.05) is 26.3 Å². The zero-order valence-corrected chi connectivity index (χ0v) is 19.7. The molecular formula is C27H30FN3O4. The SMILES string of the molecule is O=C(c1ccc(-c2c(-c3ccc(F)cc3)ncn2C2CCCCC2)o1)N1CCC2(CC1)OCCO2. The summed E-state index contributed by atoms with van der Waals surface area (Å²) in [4.78, 5) is 19.8. The second-order valence-electron chi connectivity index (χ2n) is 9.71. The average Bonchev–Trinajstić information content (AvgIpc) is 3.65. The summed E-state index contributed by atoms with van der Waals surface area (Å²) in [6, 6.07) is 10.3. The van der Waals surface area contributed by atoms with Gasteiger partial charge in [0, 0.05) is 37.5 Å². The third kappa shape index (κ3) is 4.29. The number of ether oxygens (including phenoxy) is 2. The van der Waals surface area contributed by atoms with Crippen molar-refractivity contribution in [3.63, 3.8) is 0 Å². The van der Waals surface area contributed by atoms with Gasteiger partial charge in [0.05, 0.1) is 25.2 Å². The number of benzene rings is 1. The minimum atomic E-state index is -0.526. The van der Waals surface area contributed by atoms with E-state index in [4.69, 9.17) is 18.9 Å². The van der Waals surface area contributed by atoms with Crippen LogP contribution in [0.15, 0.2) is 47.1 Å². The molecule has 1 aliphatic carbocycles. The van der Waals surface area contributed by atoms with Gasteiger partial charge in [-0.05, 0) is 49.2 Å². The first-order valence-corrected chi connectivity index (χ1v) is 12.6. The molecule has 184 valence electrons. The first-order chi connectivity index (χ1) is 17.1. The maximum atomic E-state index is 13.6. The summed E-state index contributed by atoms with van der Waals surface area (Å²) in [6.45, 7) is 2.35. The zero-order chi connectivity index (χ0) is 23.8. The number of nitrogens with zero attached hydrogens (tertiary/aromatic N) is 3. The van der Waals surface area contributed by atoms with Crippen LogP contribution in [0.5, 0.6) is 0 Å². The third-order valence-corrected chi connectivity index (χ3v) is 7.56. The van der Waals surface area contributed by atoms with Crippen LogP contribution in [0.4, 0.5) is 4.39 Å². The molecule has 0 N–H and O–H groups in total. The Morgan fingerprint density at radius 1 is 0.971 bits per heavy atom. The van der Waals surface area contributed by atoms with Crippen molar-refractivity contribution in [3.8, 4) is 22.7 Å². The molecule has 0 unspecified atom stereocenters. The Morgan fingerprint density at radius 2 is 1.69 bits per heavy atom. The lowest BCUT2D eigenvalue weighted by Gasteiger charge is -2.37. The number of imidazole rings is 1. The Balaban J connectivity index is 1.29. The number of aromatic nitrogens is 2. The van der Waals surface area contributed by atoms with E-state index in [-0.39, 0.29) is 11.7 Å².